The molecule has 4 heterocycles. The number of nitrogens with zero attached hydrogens (tertiary/aromatic N) is 4. The summed E-state index contributed by atoms with van der Waals surface area (Å²) < 4.78 is 0. The summed E-state index contributed by atoms with van der Waals surface area (Å²) in [6, 6.07) is 13.7. The minimum atomic E-state index is -0.106. The van der Waals surface area contributed by atoms with Crippen molar-refractivity contribution in [2.45, 2.75) is 11.8 Å². The van der Waals surface area contributed by atoms with Gasteiger partial charge in [0, 0.05) is 66.8 Å². The van der Waals surface area contributed by atoms with E-state index in [1.54, 1.807) is 30.4 Å². The van der Waals surface area contributed by atoms with Crippen LogP contribution in [-0.2, 0) is 11.3 Å². The molecule has 4 aromatic rings. The molecule has 2 N–H and O–H groups in total. The van der Waals surface area contributed by atoms with Gasteiger partial charge in [0.05, 0.1) is 10.8 Å². The molecule has 8 heteroatoms. The van der Waals surface area contributed by atoms with Gasteiger partial charge in [-0.2, -0.15) is 5.10 Å². The normalized spacial score (nSPS) is 17.0. The number of hydrogen-bond donors (Lipinski definition) is 2. The van der Waals surface area contributed by atoms with E-state index < -0.39 is 0 Å². The second-order valence-electron chi connectivity index (χ2n) is 7.51. The van der Waals surface area contributed by atoms with Crippen molar-refractivity contribution >= 4 is 34.3 Å². The first-order chi connectivity index (χ1) is 15.3. The minimum absolute atomic E-state index is 0.0363. The Labute approximate surface area is 184 Å². The molecule has 31 heavy (non-hydrogen) atoms. The van der Waals surface area contributed by atoms with Crippen LogP contribution in [0.25, 0.3) is 22.2 Å². The Morgan fingerprint density at radius 3 is 2.90 bits per heavy atom. The number of rotatable bonds is 5. The second kappa shape index (κ2) is 8.87. The number of benzene rings is 1. The fraction of sp³-hybridized carbons (Fsp3) is 0.217. The smallest absolute Gasteiger partial charge is 0.238 e. The number of carbonyl (C=O) groups excluding carboxylic acids is 1. The Balaban J connectivity index is 1.29. The van der Waals surface area contributed by atoms with Gasteiger partial charge in [0.2, 0.25) is 5.91 Å². The summed E-state index contributed by atoms with van der Waals surface area (Å²) in [4.78, 5) is 23.6. The summed E-state index contributed by atoms with van der Waals surface area (Å²) in [5.74, 6) is 0.972. The molecule has 0 aliphatic carbocycles. The molecule has 0 radical (unpaired) electrons. The largest absolute Gasteiger partial charge is 0.325 e. The lowest BCUT2D eigenvalue weighted by atomic mass is 10.1. The lowest BCUT2D eigenvalue weighted by Gasteiger charge is -2.31. The van der Waals surface area contributed by atoms with Crippen molar-refractivity contribution in [3.63, 3.8) is 0 Å². The van der Waals surface area contributed by atoms with Crippen LogP contribution in [0.3, 0.4) is 0 Å². The van der Waals surface area contributed by atoms with Gasteiger partial charge in [0.25, 0.3) is 0 Å². The Kier molecular flexibility index (Phi) is 5.64. The van der Waals surface area contributed by atoms with Gasteiger partial charge in [0.1, 0.15) is 5.69 Å². The van der Waals surface area contributed by atoms with Crippen LogP contribution >= 0.6 is 11.8 Å². The molecule has 0 spiro atoms. The van der Waals surface area contributed by atoms with Crippen molar-refractivity contribution in [2.75, 3.05) is 24.2 Å². The number of aromatic nitrogens is 4. The van der Waals surface area contributed by atoms with E-state index in [4.69, 9.17) is 0 Å². The van der Waals surface area contributed by atoms with E-state index in [-0.39, 0.29) is 11.2 Å². The number of carbonyl (C=O) groups is 1. The molecule has 1 aliphatic rings. The quantitative estimate of drug-likeness (QED) is 0.503. The standard InChI is InChI=1S/C23H22N6OS/c30-23(21-15-29(10-11-31-21)14-16-2-1-7-25-13-16)26-18-3-4-20-19(12-18)22(28-27-20)17-5-8-24-9-6-17/h1-9,12-13,21H,10-11,14-15H2,(H,26,30)(H,27,28). The van der Waals surface area contributed by atoms with E-state index in [0.29, 0.717) is 0 Å². The lowest BCUT2D eigenvalue weighted by Crippen LogP contribution is -2.42. The summed E-state index contributed by atoms with van der Waals surface area (Å²) in [5, 5.41) is 11.5. The van der Waals surface area contributed by atoms with Crippen LogP contribution in [0, 0.1) is 0 Å². The van der Waals surface area contributed by atoms with Crippen LogP contribution in [0.2, 0.25) is 0 Å². The van der Waals surface area contributed by atoms with Crippen LogP contribution in [0.1, 0.15) is 5.56 Å². The first-order valence-corrected chi connectivity index (χ1v) is 11.2. The number of fused-ring (bicyclic) bond motifs is 1. The zero-order valence-corrected chi connectivity index (χ0v) is 17.7. The van der Waals surface area contributed by atoms with Gasteiger partial charge in [-0.3, -0.25) is 24.8 Å². The predicted molar refractivity (Wildman–Crippen MR) is 124 cm³/mol. The van der Waals surface area contributed by atoms with Gasteiger partial charge in [-0.1, -0.05) is 6.07 Å². The molecule has 156 valence electrons. The predicted octanol–water partition coefficient (Wildman–Crippen LogP) is 3.58. The molecule has 5 rings (SSSR count). The third-order valence-electron chi connectivity index (χ3n) is 5.36. The fourth-order valence-electron chi connectivity index (χ4n) is 3.80. The maximum absolute atomic E-state index is 13.0. The molecule has 1 fully saturated rings. The Hall–Kier alpha value is -3.23. The molecule has 7 nitrogen and oxygen atoms in total. The van der Waals surface area contributed by atoms with Crippen molar-refractivity contribution < 1.29 is 4.79 Å². The fourth-order valence-corrected chi connectivity index (χ4v) is 4.97. The van der Waals surface area contributed by atoms with Gasteiger partial charge < -0.3 is 5.32 Å². The molecular weight excluding hydrogens is 408 g/mol. The Morgan fingerprint density at radius 2 is 2.06 bits per heavy atom. The molecule has 1 aromatic carbocycles. The zero-order chi connectivity index (χ0) is 21.0. The Bertz CT molecular complexity index is 1180. The van der Waals surface area contributed by atoms with Crippen molar-refractivity contribution in [1.29, 1.82) is 0 Å². The van der Waals surface area contributed by atoms with Crippen molar-refractivity contribution in [3.05, 3.63) is 72.8 Å². The first kappa shape index (κ1) is 19.7. The number of thioether (sulfide) groups is 1. The number of anilines is 1. The second-order valence-corrected chi connectivity index (χ2v) is 8.82. The third-order valence-corrected chi connectivity index (χ3v) is 6.54. The molecule has 1 saturated heterocycles. The summed E-state index contributed by atoms with van der Waals surface area (Å²) >= 11 is 1.72. The Morgan fingerprint density at radius 1 is 1.16 bits per heavy atom. The van der Waals surface area contributed by atoms with E-state index in [1.165, 1.54) is 5.56 Å². The van der Waals surface area contributed by atoms with Crippen molar-refractivity contribution in [2.24, 2.45) is 0 Å². The highest BCUT2D eigenvalue weighted by molar-refractivity contribution is 8.00. The molecule has 1 unspecified atom stereocenters. The third kappa shape index (κ3) is 4.45. The van der Waals surface area contributed by atoms with E-state index in [0.717, 1.165) is 53.2 Å². The number of amides is 1. The van der Waals surface area contributed by atoms with Gasteiger partial charge in [-0.05, 0) is 42.0 Å². The first-order valence-electron chi connectivity index (χ1n) is 10.2. The molecule has 0 bridgehead atoms. The lowest BCUT2D eigenvalue weighted by molar-refractivity contribution is -0.116. The summed E-state index contributed by atoms with van der Waals surface area (Å²) in [7, 11) is 0. The summed E-state index contributed by atoms with van der Waals surface area (Å²) in [5.41, 5.74) is 4.71. The number of pyridine rings is 2. The van der Waals surface area contributed by atoms with Crippen LogP contribution in [0.5, 0.6) is 0 Å². The van der Waals surface area contributed by atoms with Gasteiger partial charge in [0.15, 0.2) is 0 Å². The number of nitrogens with one attached hydrogen (secondary N) is 2. The monoisotopic (exact) mass is 430 g/mol. The number of hydrogen-bond acceptors (Lipinski definition) is 6. The number of H-pyrrole nitrogens is 1. The van der Waals surface area contributed by atoms with Crippen LogP contribution in [0.15, 0.2) is 67.3 Å². The van der Waals surface area contributed by atoms with E-state index in [1.807, 2.05) is 42.6 Å². The maximum atomic E-state index is 13.0. The van der Waals surface area contributed by atoms with Gasteiger partial charge >= 0.3 is 0 Å². The summed E-state index contributed by atoms with van der Waals surface area (Å²) in [6.07, 6.45) is 7.16. The van der Waals surface area contributed by atoms with Crippen LogP contribution in [-0.4, -0.2) is 55.1 Å². The van der Waals surface area contributed by atoms with Crippen molar-refractivity contribution in [3.8, 4) is 11.3 Å². The highest BCUT2D eigenvalue weighted by atomic mass is 32.2. The van der Waals surface area contributed by atoms with E-state index >= 15 is 0 Å². The van der Waals surface area contributed by atoms with Gasteiger partial charge in [-0.15, -0.1) is 11.8 Å². The summed E-state index contributed by atoms with van der Waals surface area (Å²) in [6.45, 7) is 2.51. The highest BCUT2D eigenvalue weighted by Gasteiger charge is 2.26. The van der Waals surface area contributed by atoms with Crippen LogP contribution in [0.4, 0.5) is 5.69 Å². The van der Waals surface area contributed by atoms with E-state index in [2.05, 4.69) is 36.4 Å². The van der Waals surface area contributed by atoms with Crippen molar-refractivity contribution in [1.82, 2.24) is 25.1 Å². The molecule has 0 saturated carbocycles. The molecular formula is C23H22N6OS. The molecule has 1 amide bonds. The number of aromatic amines is 1. The average molecular weight is 431 g/mol. The SMILES string of the molecule is O=C(Nc1ccc2[nH]nc(-c3ccncc3)c2c1)C1CN(Cc2cccnc2)CCS1. The molecule has 3 aromatic heterocycles. The minimum Gasteiger partial charge on any atom is -0.325 e. The average Bonchev–Trinajstić information content (AvgIpc) is 3.24. The van der Waals surface area contributed by atoms with Crippen LogP contribution < -0.4 is 5.32 Å². The molecule has 1 aliphatic heterocycles. The van der Waals surface area contributed by atoms with E-state index in [9.17, 15) is 4.79 Å². The molecule has 1 atom stereocenters. The topological polar surface area (TPSA) is 86.8 Å². The maximum Gasteiger partial charge on any atom is 0.238 e. The highest BCUT2D eigenvalue weighted by Crippen LogP contribution is 2.29. The zero-order valence-electron chi connectivity index (χ0n) is 16.9. The van der Waals surface area contributed by atoms with Gasteiger partial charge in [-0.25, -0.2) is 0 Å².